The third-order valence-electron chi connectivity index (χ3n) is 8.32. The van der Waals surface area contributed by atoms with Gasteiger partial charge in [0.15, 0.2) is 0 Å². The lowest BCUT2D eigenvalue weighted by Gasteiger charge is -2.35. The van der Waals surface area contributed by atoms with Gasteiger partial charge in [0.2, 0.25) is 0 Å². The van der Waals surface area contributed by atoms with Crippen LogP contribution in [0.2, 0.25) is 0 Å². The Labute approximate surface area is 286 Å². The van der Waals surface area contributed by atoms with Crippen molar-refractivity contribution in [2.45, 2.75) is 63.2 Å². The van der Waals surface area contributed by atoms with Crippen LogP contribution in [0.4, 0.5) is 25.0 Å². The number of carbonyl (C=O) groups excluding carboxylic acids is 2. The molecule has 1 aliphatic heterocycles. The molecule has 1 aliphatic rings. The molecule has 3 amide bonds. The summed E-state index contributed by atoms with van der Waals surface area (Å²) in [6, 6.07) is 13.1. The zero-order valence-corrected chi connectivity index (χ0v) is 28.9. The molecule has 0 radical (unpaired) electrons. The van der Waals surface area contributed by atoms with Crippen molar-refractivity contribution in [3.05, 3.63) is 83.9 Å². The second kappa shape index (κ2) is 16.9. The highest BCUT2D eigenvalue weighted by atomic mass is 32.2. The smallest absolute Gasteiger partial charge is 0.321 e. The molecular formula is C35H44F2N4O7S. The van der Waals surface area contributed by atoms with Crippen molar-refractivity contribution in [2.24, 2.45) is 5.92 Å². The Morgan fingerprint density at radius 1 is 1.02 bits per heavy atom. The van der Waals surface area contributed by atoms with Crippen LogP contribution in [0.15, 0.2) is 71.6 Å². The van der Waals surface area contributed by atoms with Gasteiger partial charge in [0.05, 0.1) is 35.3 Å². The fraction of sp³-hybridized carbons (Fsp3) is 0.429. The predicted octanol–water partition coefficient (Wildman–Crippen LogP) is 5.73. The van der Waals surface area contributed by atoms with Gasteiger partial charge in [-0.05, 0) is 99.8 Å². The number of hydrogen-bond acceptors (Lipinski definition) is 7. The number of urea groups is 1. The fourth-order valence-electron chi connectivity index (χ4n) is 5.38. The van der Waals surface area contributed by atoms with Gasteiger partial charge >= 0.3 is 6.03 Å². The number of nitrogens with zero attached hydrogens (tertiary/aromatic N) is 2. The molecule has 14 heteroatoms. The molecule has 0 spiro atoms. The number of sulfonamides is 1. The molecule has 3 N–H and O–H groups in total. The van der Waals surface area contributed by atoms with E-state index in [1.807, 2.05) is 13.8 Å². The topological polar surface area (TPSA) is 138 Å². The number of amides is 3. The molecule has 3 aromatic rings. The highest BCUT2D eigenvalue weighted by Crippen LogP contribution is 2.29. The average Bonchev–Trinajstić information content (AvgIpc) is 3.07. The molecule has 0 fully saturated rings. The van der Waals surface area contributed by atoms with Gasteiger partial charge in [-0.25, -0.2) is 22.0 Å². The van der Waals surface area contributed by atoms with Gasteiger partial charge in [0, 0.05) is 44.0 Å². The maximum absolute atomic E-state index is 14.3. The lowest BCUT2D eigenvalue weighted by Crippen LogP contribution is -2.48. The summed E-state index contributed by atoms with van der Waals surface area (Å²) in [6.07, 6.45) is 1.32. The lowest BCUT2D eigenvalue weighted by atomic mass is 10.0. The maximum atomic E-state index is 14.3. The molecule has 0 aliphatic carbocycles. The molecule has 3 aromatic carbocycles. The Morgan fingerprint density at radius 3 is 2.31 bits per heavy atom. The normalized spacial score (nSPS) is 19.9. The molecule has 0 unspecified atom stereocenters. The van der Waals surface area contributed by atoms with Crippen molar-refractivity contribution >= 4 is 33.3 Å². The number of aliphatic hydroxyl groups excluding tert-OH is 1. The molecule has 4 atom stereocenters. The van der Waals surface area contributed by atoms with Crippen LogP contribution in [0.3, 0.4) is 0 Å². The number of aliphatic hydroxyl groups is 1. The van der Waals surface area contributed by atoms with Gasteiger partial charge in [-0.15, -0.1) is 0 Å². The van der Waals surface area contributed by atoms with Gasteiger partial charge < -0.3 is 29.7 Å². The predicted molar refractivity (Wildman–Crippen MR) is 182 cm³/mol. The first-order valence-electron chi connectivity index (χ1n) is 16.2. The fourth-order valence-corrected chi connectivity index (χ4v) is 6.43. The maximum Gasteiger partial charge on any atom is 0.321 e. The Balaban J connectivity index is 1.62. The van der Waals surface area contributed by atoms with Gasteiger partial charge in [-0.3, -0.25) is 9.52 Å². The van der Waals surface area contributed by atoms with Gasteiger partial charge in [-0.2, -0.15) is 0 Å². The second-order valence-electron chi connectivity index (χ2n) is 12.4. The Hall–Kier alpha value is -4.27. The molecule has 0 saturated carbocycles. The minimum absolute atomic E-state index is 0.0870. The van der Waals surface area contributed by atoms with Crippen molar-refractivity contribution in [2.75, 3.05) is 43.4 Å². The summed E-state index contributed by atoms with van der Waals surface area (Å²) in [6.45, 7) is 5.81. The zero-order valence-electron chi connectivity index (χ0n) is 28.1. The number of benzene rings is 3. The van der Waals surface area contributed by atoms with Crippen molar-refractivity contribution < 1.29 is 41.4 Å². The van der Waals surface area contributed by atoms with Crippen LogP contribution >= 0.6 is 0 Å². The van der Waals surface area contributed by atoms with Gasteiger partial charge in [0.25, 0.3) is 15.9 Å². The first-order valence-corrected chi connectivity index (χ1v) is 17.7. The SMILES string of the molecule is C[C@H]1CCCCO[C@@H](CN(C)C(=O)Nc2ccc(F)cc2)[C@@H](C)CN([C@@H](C)CO)C(=O)c2cc(NS(=O)(=O)c3ccc(F)cc3)ccc2O1. The van der Waals surface area contributed by atoms with Crippen molar-refractivity contribution in [3.8, 4) is 5.75 Å². The number of likely N-dealkylation sites (N-methyl/N-ethyl adjacent to an activating group) is 1. The number of nitrogens with one attached hydrogen (secondary N) is 2. The van der Waals surface area contributed by atoms with E-state index >= 15 is 0 Å². The number of rotatable bonds is 8. The van der Waals surface area contributed by atoms with E-state index in [-0.39, 0.29) is 53.6 Å². The van der Waals surface area contributed by atoms with E-state index in [0.717, 1.165) is 37.1 Å². The third-order valence-corrected chi connectivity index (χ3v) is 9.72. The molecule has 4 rings (SSSR count). The van der Waals surface area contributed by atoms with E-state index in [4.69, 9.17) is 9.47 Å². The Kier molecular flexibility index (Phi) is 13.0. The van der Waals surface area contributed by atoms with Gasteiger partial charge in [-0.1, -0.05) is 6.92 Å². The van der Waals surface area contributed by atoms with Crippen molar-refractivity contribution in [1.29, 1.82) is 0 Å². The summed E-state index contributed by atoms with van der Waals surface area (Å²) in [5.74, 6) is -1.58. The standard InChI is InChI=1S/C35H44F2N4O7S/c1-23-20-41(24(2)22-42)34(43)31-19-29(39-49(45,46)30-15-10-27(37)11-16-30)14-17-32(31)48-25(3)7-5-6-18-47-33(23)21-40(4)35(44)38-28-12-8-26(36)9-13-28/h8-17,19,23-25,33,39,42H,5-7,18,20-22H2,1-4H3,(H,38,44)/t23-,24-,25-,33-/m0/s1. The van der Waals surface area contributed by atoms with E-state index in [9.17, 15) is 31.9 Å². The highest BCUT2D eigenvalue weighted by Gasteiger charge is 2.31. The van der Waals surface area contributed by atoms with E-state index in [2.05, 4.69) is 10.0 Å². The number of anilines is 2. The quantitative estimate of drug-likeness (QED) is 0.273. The van der Waals surface area contributed by atoms with Crippen LogP contribution in [0, 0.1) is 17.6 Å². The van der Waals surface area contributed by atoms with E-state index < -0.39 is 45.7 Å². The molecule has 0 bridgehead atoms. The minimum Gasteiger partial charge on any atom is -0.490 e. The minimum atomic E-state index is -4.12. The van der Waals surface area contributed by atoms with Gasteiger partial charge in [0.1, 0.15) is 17.4 Å². The summed E-state index contributed by atoms with van der Waals surface area (Å²) < 4.78 is 67.9. The number of fused-ring (bicyclic) bond motifs is 1. The molecule has 266 valence electrons. The number of halogens is 2. The van der Waals surface area contributed by atoms with Crippen molar-refractivity contribution in [1.82, 2.24) is 9.80 Å². The largest absolute Gasteiger partial charge is 0.490 e. The molecule has 11 nitrogen and oxygen atoms in total. The molecule has 0 saturated heterocycles. The Bertz CT molecular complexity index is 1680. The highest BCUT2D eigenvalue weighted by molar-refractivity contribution is 7.92. The number of hydrogen-bond donors (Lipinski definition) is 3. The molecular weight excluding hydrogens is 658 g/mol. The summed E-state index contributed by atoms with van der Waals surface area (Å²) >= 11 is 0. The van der Waals surface area contributed by atoms with E-state index in [0.29, 0.717) is 18.7 Å². The van der Waals surface area contributed by atoms with Crippen LogP contribution < -0.4 is 14.8 Å². The summed E-state index contributed by atoms with van der Waals surface area (Å²) in [4.78, 5) is 30.1. The summed E-state index contributed by atoms with van der Waals surface area (Å²) in [5, 5.41) is 12.9. The zero-order chi connectivity index (χ0) is 35.7. The second-order valence-corrected chi connectivity index (χ2v) is 14.1. The summed E-state index contributed by atoms with van der Waals surface area (Å²) in [7, 11) is -2.50. The van der Waals surface area contributed by atoms with Crippen LogP contribution in [0.1, 0.15) is 50.4 Å². The molecule has 0 aromatic heterocycles. The summed E-state index contributed by atoms with van der Waals surface area (Å²) in [5.41, 5.74) is 0.610. The number of carbonyl (C=O) groups is 2. The van der Waals surface area contributed by atoms with Crippen molar-refractivity contribution in [3.63, 3.8) is 0 Å². The van der Waals surface area contributed by atoms with E-state index in [1.165, 1.54) is 52.3 Å². The average molecular weight is 703 g/mol. The first kappa shape index (κ1) is 37.5. The monoisotopic (exact) mass is 702 g/mol. The molecule has 1 heterocycles. The van der Waals surface area contributed by atoms with Crippen LogP contribution in [0.25, 0.3) is 0 Å². The van der Waals surface area contributed by atoms with E-state index in [1.54, 1.807) is 14.0 Å². The molecule has 49 heavy (non-hydrogen) atoms. The lowest BCUT2D eigenvalue weighted by molar-refractivity contribution is -0.0115. The van der Waals surface area contributed by atoms with Crippen LogP contribution in [-0.2, 0) is 14.8 Å². The Morgan fingerprint density at radius 2 is 1.65 bits per heavy atom. The van der Waals surface area contributed by atoms with Crippen LogP contribution in [-0.4, -0.2) is 86.9 Å². The third kappa shape index (κ3) is 10.4. The van der Waals surface area contributed by atoms with Crippen LogP contribution in [0.5, 0.6) is 5.75 Å². The first-order chi connectivity index (χ1) is 23.3. The number of ether oxygens (including phenoxy) is 2.